The van der Waals surface area contributed by atoms with Gasteiger partial charge in [0, 0.05) is 29.8 Å². The summed E-state index contributed by atoms with van der Waals surface area (Å²) in [5.41, 5.74) is 6.90. The molecule has 21 heavy (non-hydrogen) atoms. The number of halogens is 1. The lowest BCUT2D eigenvalue weighted by molar-refractivity contribution is 0.100. The number of benzene rings is 1. The van der Waals surface area contributed by atoms with Crippen molar-refractivity contribution in [2.75, 3.05) is 24.5 Å². The molecule has 3 N–H and O–H groups in total. The molecule has 5 heteroatoms. The van der Waals surface area contributed by atoms with Crippen molar-refractivity contribution in [3.05, 3.63) is 28.8 Å². The summed E-state index contributed by atoms with van der Waals surface area (Å²) >= 11 is 5.96. The van der Waals surface area contributed by atoms with Gasteiger partial charge in [-0.15, -0.1) is 0 Å². The molecule has 0 radical (unpaired) electrons. The van der Waals surface area contributed by atoms with Gasteiger partial charge in [-0.25, -0.2) is 0 Å². The summed E-state index contributed by atoms with van der Waals surface area (Å²) in [7, 11) is 0. The van der Waals surface area contributed by atoms with Gasteiger partial charge < -0.3 is 16.0 Å². The molecular formula is C16H22ClN3O. The number of nitrogens with zero attached hydrogens (tertiary/aromatic N) is 1. The number of carbonyl (C=O) groups is 1. The van der Waals surface area contributed by atoms with Crippen LogP contribution >= 0.6 is 11.6 Å². The molecule has 4 nitrogen and oxygen atoms in total. The molecule has 1 amide bonds. The molecule has 2 fully saturated rings. The predicted octanol–water partition coefficient (Wildman–Crippen LogP) is 2.41. The first-order valence-corrected chi connectivity index (χ1v) is 8.09. The van der Waals surface area contributed by atoms with E-state index in [0.717, 1.165) is 44.1 Å². The van der Waals surface area contributed by atoms with Crippen LogP contribution in [0.5, 0.6) is 0 Å². The molecule has 1 aromatic carbocycles. The van der Waals surface area contributed by atoms with Gasteiger partial charge >= 0.3 is 0 Å². The van der Waals surface area contributed by atoms with Crippen molar-refractivity contribution < 1.29 is 4.79 Å². The van der Waals surface area contributed by atoms with Crippen molar-refractivity contribution in [1.29, 1.82) is 0 Å². The molecule has 2 aliphatic rings. The normalized spacial score (nSPS) is 19.8. The minimum Gasteiger partial charge on any atom is -0.371 e. The summed E-state index contributed by atoms with van der Waals surface area (Å²) < 4.78 is 0. The highest BCUT2D eigenvalue weighted by Gasteiger charge is 2.25. The fraction of sp³-hybridized carbons (Fsp3) is 0.562. The summed E-state index contributed by atoms with van der Waals surface area (Å²) in [6, 6.07) is 5.99. The van der Waals surface area contributed by atoms with Gasteiger partial charge in [-0.2, -0.15) is 0 Å². The molecular weight excluding hydrogens is 286 g/mol. The van der Waals surface area contributed by atoms with Crippen LogP contribution in [0.15, 0.2) is 18.2 Å². The SMILES string of the molecule is NC(=O)c1cc(Cl)ccc1N1CCC(NCC2CC2)CC1. The van der Waals surface area contributed by atoms with Crippen molar-refractivity contribution in [3.8, 4) is 0 Å². The third kappa shape index (κ3) is 3.69. The van der Waals surface area contributed by atoms with Gasteiger partial charge in [0.15, 0.2) is 0 Å². The number of carbonyl (C=O) groups excluding carboxylic acids is 1. The van der Waals surface area contributed by atoms with Crippen LogP contribution in [0.3, 0.4) is 0 Å². The molecule has 0 bridgehead atoms. The quantitative estimate of drug-likeness (QED) is 0.878. The number of piperidine rings is 1. The molecule has 1 aromatic rings. The third-order valence-electron chi connectivity index (χ3n) is 4.45. The lowest BCUT2D eigenvalue weighted by Gasteiger charge is -2.35. The average Bonchev–Trinajstić information content (AvgIpc) is 3.30. The van der Waals surface area contributed by atoms with E-state index in [9.17, 15) is 4.79 Å². The third-order valence-corrected chi connectivity index (χ3v) is 4.69. The maximum absolute atomic E-state index is 11.6. The number of hydrogen-bond acceptors (Lipinski definition) is 3. The Morgan fingerprint density at radius 3 is 2.62 bits per heavy atom. The number of nitrogens with two attached hydrogens (primary N) is 1. The maximum Gasteiger partial charge on any atom is 0.250 e. The highest BCUT2D eigenvalue weighted by Crippen LogP contribution is 2.29. The van der Waals surface area contributed by atoms with Gasteiger partial charge in [0.1, 0.15) is 0 Å². The standard InChI is InChI=1S/C16H22ClN3O/c17-12-3-4-15(14(9-12)16(18)21)20-7-5-13(6-8-20)19-10-11-1-2-11/h3-4,9,11,13,19H,1-2,5-8,10H2,(H2,18,21). The van der Waals surface area contributed by atoms with Gasteiger partial charge in [0.2, 0.25) is 0 Å². The van der Waals surface area contributed by atoms with E-state index in [2.05, 4.69) is 10.2 Å². The number of rotatable bonds is 5. The van der Waals surface area contributed by atoms with Crippen molar-refractivity contribution in [3.63, 3.8) is 0 Å². The molecule has 1 aliphatic carbocycles. The molecule has 3 rings (SSSR count). The molecule has 1 aliphatic heterocycles. The van der Waals surface area contributed by atoms with Crippen molar-refractivity contribution >= 4 is 23.2 Å². The Labute approximate surface area is 130 Å². The van der Waals surface area contributed by atoms with Crippen LogP contribution in [-0.2, 0) is 0 Å². The smallest absolute Gasteiger partial charge is 0.250 e. The van der Waals surface area contributed by atoms with Crippen molar-refractivity contribution in [1.82, 2.24) is 5.32 Å². The molecule has 0 unspecified atom stereocenters. The second kappa shape index (κ2) is 6.24. The van der Waals surface area contributed by atoms with Crippen molar-refractivity contribution in [2.24, 2.45) is 11.7 Å². The van der Waals surface area contributed by atoms with Gasteiger partial charge in [-0.1, -0.05) is 11.6 Å². The van der Waals surface area contributed by atoms with Gasteiger partial charge in [0.25, 0.3) is 5.91 Å². The van der Waals surface area contributed by atoms with E-state index in [-0.39, 0.29) is 0 Å². The van der Waals surface area contributed by atoms with Gasteiger partial charge in [0.05, 0.1) is 5.56 Å². The summed E-state index contributed by atoms with van der Waals surface area (Å²) in [4.78, 5) is 13.8. The first-order valence-electron chi connectivity index (χ1n) is 7.71. The Morgan fingerprint density at radius 1 is 1.29 bits per heavy atom. The van der Waals surface area contributed by atoms with Crippen LogP contribution in [0.4, 0.5) is 5.69 Å². The predicted molar refractivity (Wildman–Crippen MR) is 85.9 cm³/mol. The van der Waals surface area contributed by atoms with Crippen LogP contribution < -0.4 is 16.0 Å². The second-order valence-corrected chi connectivity index (χ2v) is 6.58. The molecule has 1 heterocycles. The zero-order valence-electron chi connectivity index (χ0n) is 12.1. The first kappa shape index (κ1) is 14.7. The van der Waals surface area contributed by atoms with Crippen LogP contribution in [0.1, 0.15) is 36.0 Å². The Bertz CT molecular complexity index is 522. The number of hydrogen-bond donors (Lipinski definition) is 2. The molecule has 1 saturated carbocycles. The largest absolute Gasteiger partial charge is 0.371 e. The van der Waals surface area contributed by atoms with E-state index in [1.165, 1.54) is 12.8 Å². The van der Waals surface area contributed by atoms with Gasteiger partial charge in [-0.05, 0) is 56.3 Å². The van der Waals surface area contributed by atoms with Gasteiger partial charge in [-0.3, -0.25) is 4.79 Å². The van der Waals surface area contributed by atoms with E-state index < -0.39 is 5.91 Å². The van der Waals surface area contributed by atoms with E-state index >= 15 is 0 Å². The summed E-state index contributed by atoms with van der Waals surface area (Å²) in [5.74, 6) is 0.502. The second-order valence-electron chi connectivity index (χ2n) is 6.14. The van der Waals surface area contributed by atoms with Crippen LogP contribution in [0.25, 0.3) is 0 Å². The first-order chi connectivity index (χ1) is 10.1. The summed E-state index contributed by atoms with van der Waals surface area (Å²) in [6.07, 6.45) is 4.98. The van der Waals surface area contributed by atoms with E-state index in [0.29, 0.717) is 16.6 Å². The van der Waals surface area contributed by atoms with E-state index in [1.54, 1.807) is 6.07 Å². The maximum atomic E-state index is 11.6. The molecule has 0 atom stereocenters. The van der Waals surface area contributed by atoms with Crippen LogP contribution in [0, 0.1) is 5.92 Å². The number of amides is 1. The average molecular weight is 308 g/mol. The fourth-order valence-electron chi connectivity index (χ4n) is 2.96. The topological polar surface area (TPSA) is 58.4 Å². The van der Waals surface area contributed by atoms with Crippen molar-refractivity contribution in [2.45, 2.75) is 31.7 Å². The zero-order chi connectivity index (χ0) is 14.8. The Kier molecular flexibility index (Phi) is 4.36. The molecule has 114 valence electrons. The fourth-order valence-corrected chi connectivity index (χ4v) is 3.13. The summed E-state index contributed by atoms with van der Waals surface area (Å²) in [6.45, 7) is 3.06. The highest BCUT2D eigenvalue weighted by molar-refractivity contribution is 6.31. The Balaban J connectivity index is 1.62. The Hall–Kier alpha value is -1.26. The molecule has 0 spiro atoms. The molecule has 0 aromatic heterocycles. The summed E-state index contributed by atoms with van der Waals surface area (Å²) in [5, 5.41) is 4.21. The lowest BCUT2D eigenvalue weighted by atomic mass is 10.0. The minimum absolute atomic E-state index is 0.415. The number of nitrogens with one attached hydrogen (secondary N) is 1. The lowest BCUT2D eigenvalue weighted by Crippen LogP contribution is -2.43. The molecule has 1 saturated heterocycles. The minimum atomic E-state index is -0.415. The number of anilines is 1. The van der Waals surface area contributed by atoms with E-state index in [4.69, 9.17) is 17.3 Å². The van der Waals surface area contributed by atoms with Crippen LogP contribution in [-0.4, -0.2) is 31.6 Å². The van der Waals surface area contributed by atoms with E-state index in [1.807, 2.05) is 12.1 Å². The van der Waals surface area contributed by atoms with Crippen LogP contribution in [0.2, 0.25) is 5.02 Å². The Morgan fingerprint density at radius 2 is 2.00 bits per heavy atom. The highest BCUT2D eigenvalue weighted by atomic mass is 35.5. The monoisotopic (exact) mass is 307 g/mol. The number of primary amides is 1. The zero-order valence-corrected chi connectivity index (χ0v) is 12.9.